The fourth-order valence-electron chi connectivity index (χ4n) is 1.26. The zero-order valence-electron chi connectivity index (χ0n) is 10.2. The molecule has 0 aromatic carbocycles. The number of hydrogen-bond acceptors (Lipinski definition) is 3. The summed E-state index contributed by atoms with van der Waals surface area (Å²) in [5.74, 6) is 5.42. The number of hydrogen-bond donors (Lipinski definition) is 0. The second-order valence-corrected chi connectivity index (χ2v) is 3.15. The van der Waals surface area contributed by atoms with Crippen molar-refractivity contribution in [1.82, 2.24) is 4.90 Å². The summed E-state index contributed by atoms with van der Waals surface area (Å²) >= 11 is 0. The Hall–Kier alpha value is -0.850. The molecule has 1 unspecified atom stereocenters. The van der Waals surface area contributed by atoms with Gasteiger partial charge in [-0.05, 0) is 12.8 Å². The van der Waals surface area contributed by atoms with Crippen LogP contribution in [0.4, 0.5) is 0 Å². The van der Waals surface area contributed by atoms with Crippen molar-refractivity contribution in [2.45, 2.75) is 33.7 Å². The number of ether oxygens (including phenoxy) is 1. The van der Waals surface area contributed by atoms with Crippen LogP contribution in [0.1, 0.15) is 27.7 Å². The number of morpholine rings is 1. The standard InChI is InChI=1S/C10H15NO2.C2H6/c1-9(3-4-10(2)12)11-5-7-13-8-6-11;1-2/h9H,5-8H2,1-2H3;1-2H3. The van der Waals surface area contributed by atoms with E-state index in [4.69, 9.17) is 4.74 Å². The van der Waals surface area contributed by atoms with Crippen LogP contribution in [0.2, 0.25) is 0 Å². The Bertz CT molecular complexity index is 234. The first-order valence-corrected chi connectivity index (χ1v) is 5.54. The van der Waals surface area contributed by atoms with E-state index in [2.05, 4.69) is 16.7 Å². The van der Waals surface area contributed by atoms with Crippen molar-refractivity contribution in [3.63, 3.8) is 0 Å². The molecule has 0 radical (unpaired) electrons. The lowest BCUT2D eigenvalue weighted by atomic mass is 10.2. The Labute approximate surface area is 92.8 Å². The van der Waals surface area contributed by atoms with Crippen LogP contribution in [0.25, 0.3) is 0 Å². The summed E-state index contributed by atoms with van der Waals surface area (Å²) in [5, 5.41) is 0. The minimum atomic E-state index is -0.0693. The summed E-state index contributed by atoms with van der Waals surface area (Å²) in [5.41, 5.74) is 0. The molecule has 1 fully saturated rings. The number of ketones is 1. The van der Waals surface area contributed by atoms with Crippen LogP contribution in [0.3, 0.4) is 0 Å². The third-order valence-electron chi connectivity index (χ3n) is 2.05. The van der Waals surface area contributed by atoms with E-state index in [0.717, 1.165) is 26.3 Å². The van der Waals surface area contributed by atoms with Crippen molar-refractivity contribution in [3.8, 4) is 11.8 Å². The molecule has 0 aliphatic carbocycles. The van der Waals surface area contributed by atoms with Crippen molar-refractivity contribution < 1.29 is 9.53 Å². The van der Waals surface area contributed by atoms with Crippen molar-refractivity contribution in [1.29, 1.82) is 0 Å². The van der Waals surface area contributed by atoms with Crippen LogP contribution in [0, 0.1) is 11.8 Å². The van der Waals surface area contributed by atoms with Gasteiger partial charge in [0, 0.05) is 20.0 Å². The van der Waals surface area contributed by atoms with Gasteiger partial charge >= 0.3 is 0 Å². The van der Waals surface area contributed by atoms with Gasteiger partial charge in [-0.15, -0.1) is 0 Å². The molecule has 86 valence electrons. The molecule has 0 saturated carbocycles. The molecule has 1 aliphatic rings. The highest BCUT2D eigenvalue weighted by molar-refractivity contribution is 5.93. The largest absolute Gasteiger partial charge is 0.379 e. The Balaban J connectivity index is 0.000000921. The average molecular weight is 211 g/mol. The summed E-state index contributed by atoms with van der Waals surface area (Å²) in [6, 6.07) is 0.160. The van der Waals surface area contributed by atoms with Gasteiger partial charge in [-0.3, -0.25) is 9.69 Å². The van der Waals surface area contributed by atoms with Crippen LogP contribution >= 0.6 is 0 Å². The molecule has 15 heavy (non-hydrogen) atoms. The second kappa shape index (κ2) is 8.46. The molecule has 0 spiro atoms. The Morgan fingerprint density at radius 1 is 1.33 bits per heavy atom. The molecule has 1 rings (SSSR count). The van der Waals surface area contributed by atoms with Gasteiger partial charge in [0.2, 0.25) is 5.78 Å². The SMILES string of the molecule is CC.CC(=O)C#CC(C)N1CCOCC1. The van der Waals surface area contributed by atoms with E-state index in [9.17, 15) is 4.79 Å². The van der Waals surface area contributed by atoms with Crippen molar-refractivity contribution >= 4 is 5.78 Å². The summed E-state index contributed by atoms with van der Waals surface area (Å²) in [6.45, 7) is 10.9. The number of carbonyl (C=O) groups excluding carboxylic acids is 1. The first kappa shape index (κ1) is 14.2. The van der Waals surface area contributed by atoms with Crippen LogP contribution in [0.5, 0.6) is 0 Å². The van der Waals surface area contributed by atoms with Crippen molar-refractivity contribution in [2.75, 3.05) is 26.3 Å². The summed E-state index contributed by atoms with van der Waals surface area (Å²) in [6.07, 6.45) is 0. The maximum Gasteiger partial charge on any atom is 0.202 e. The monoisotopic (exact) mass is 211 g/mol. The van der Waals surface area contributed by atoms with E-state index in [1.807, 2.05) is 20.8 Å². The summed E-state index contributed by atoms with van der Waals surface area (Å²) in [7, 11) is 0. The van der Waals surface area contributed by atoms with E-state index < -0.39 is 0 Å². The van der Waals surface area contributed by atoms with Gasteiger partial charge in [-0.25, -0.2) is 0 Å². The van der Waals surface area contributed by atoms with Gasteiger partial charge in [0.05, 0.1) is 19.3 Å². The molecule has 1 aliphatic heterocycles. The maximum absolute atomic E-state index is 10.6. The molecular weight excluding hydrogens is 190 g/mol. The van der Waals surface area contributed by atoms with Crippen molar-refractivity contribution in [3.05, 3.63) is 0 Å². The number of carbonyl (C=O) groups is 1. The predicted molar refractivity (Wildman–Crippen MR) is 61.7 cm³/mol. The predicted octanol–water partition coefficient (Wildman–Crippen LogP) is 1.33. The smallest absolute Gasteiger partial charge is 0.202 e. The summed E-state index contributed by atoms with van der Waals surface area (Å²) in [4.78, 5) is 12.8. The Morgan fingerprint density at radius 3 is 2.33 bits per heavy atom. The Morgan fingerprint density at radius 2 is 1.87 bits per heavy atom. The fourth-order valence-corrected chi connectivity index (χ4v) is 1.26. The van der Waals surface area contributed by atoms with Gasteiger partial charge in [0.1, 0.15) is 0 Å². The zero-order valence-corrected chi connectivity index (χ0v) is 10.2. The zero-order chi connectivity index (χ0) is 11.7. The number of Topliss-reactive ketones (excluding diaryl/α,β-unsaturated/α-hetero) is 1. The van der Waals surface area contributed by atoms with Gasteiger partial charge < -0.3 is 4.74 Å². The first-order valence-electron chi connectivity index (χ1n) is 5.54. The molecule has 1 atom stereocenters. The van der Waals surface area contributed by atoms with Crippen LogP contribution < -0.4 is 0 Å². The van der Waals surface area contributed by atoms with Gasteiger partial charge in [-0.2, -0.15) is 0 Å². The molecule has 0 aromatic rings. The lowest BCUT2D eigenvalue weighted by Gasteiger charge is -2.29. The number of rotatable bonds is 1. The molecule has 0 bridgehead atoms. The van der Waals surface area contributed by atoms with Crippen LogP contribution in [-0.2, 0) is 9.53 Å². The highest BCUT2D eigenvalue weighted by Gasteiger charge is 2.14. The minimum Gasteiger partial charge on any atom is -0.379 e. The Kier molecular flexibility index (Phi) is 7.98. The topological polar surface area (TPSA) is 29.5 Å². The number of nitrogens with zero attached hydrogens (tertiary/aromatic N) is 1. The highest BCUT2D eigenvalue weighted by Crippen LogP contribution is 2.01. The molecular formula is C12H21NO2. The fraction of sp³-hybridized carbons (Fsp3) is 0.750. The van der Waals surface area contributed by atoms with Crippen LogP contribution in [-0.4, -0.2) is 43.0 Å². The normalized spacial score (nSPS) is 17.9. The average Bonchev–Trinajstić information content (AvgIpc) is 2.30. The van der Waals surface area contributed by atoms with E-state index in [1.165, 1.54) is 6.92 Å². The van der Waals surface area contributed by atoms with Gasteiger partial charge in [0.15, 0.2) is 0 Å². The third kappa shape index (κ3) is 6.27. The molecule has 3 heteroatoms. The molecule has 0 aromatic heterocycles. The van der Waals surface area contributed by atoms with Gasteiger partial charge in [-0.1, -0.05) is 19.8 Å². The molecule has 0 amide bonds. The van der Waals surface area contributed by atoms with E-state index in [0.29, 0.717) is 0 Å². The summed E-state index contributed by atoms with van der Waals surface area (Å²) < 4.78 is 5.22. The van der Waals surface area contributed by atoms with E-state index >= 15 is 0 Å². The van der Waals surface area contributed by atoms with E-state index in [-0.39, 0.29) is 11.8 Å². The maximum atomic E-state index is 10.6. The quantitative estimate of drug-likeness (QED) is 0.484. The first-order chi connectivity index (χ1) is 7.20. The highest BCUT2D eigenvalue weighted by atomic mass is 16.5. The van der Waals surface area contributed by atoms with E-state index in [1.54, 1.807) is 0 Å². The lowest BCUT2D eigenvalue weighted by molar-refractivity contribution is -0.111. The minimum absolute atomic E-state index is 0.0693. The lowest BCUT2D eigenvalue weighted by Crippen LogP contribution is -2.41. The van der Waals surface area contributed by atoms with Crippen LogP contribution in [0.15, 0.2) is 0 Å². The van der Waals surface area contributed by atoms with Crippen molar-refractivity contribution in [2.24, 2.45) is 0 Å². The third-order valence-corrected chi connectivity index (χ3v) is 2.05. The second-order valence-electron chi connectivity index (χ2n) is 3.15. The molecule has 1 saturated heterocycles. The molecule has 1 heterocycles. The molecule has 3 nitrogen and oxygen atoms in total. The molecule has 0 N–H and O–H groups in total. The van der Waals surface area contributed by atoms with Gasteiger partial charge in [0.25, 0.3) is 0 Å².